The molecule has 2 fully saturated rings. The van der Waals surface area contributed by atoms with E-state index in [-0.39, 0.29) is 56.3 Å². The van der Waals surface area contributed by atoms with Gasteiger partial charge in [0, 0.05) is 31.3 Å². The highest BCUT2D eigenvalue weighted by Gasteiger charge is 2.45. The van der Waals surface area contributed by atoms with Crippen molar-refractivity contribution in [1.82, 2.24) is 10.2 Å². The molecule has 184 valence electrons. The SMILES string of the molecule is O=C(N[C@@H]1CCC[C@H]1CC(=O)N1CCC(O)(C(=O)O)C1)OCC1c2ccccc2-c2ccccc21. The Bertz CT molecular complexity index is 1100. The minimum atomic E-state index is -1.87. The quantitative estimate of drug-likeness (QED) is 0.588. The van der Waals surface area contributed by atoms with Crippen LogP contribution in [0, 0.1) is 5.92 Å². The molecule has 3 atom stereocenters. The molecule has 2 aliphatic carbocycles. The average Bonchev–Trinajstić information content (AvgIpc) is 3.55. The molecule has 3 aliphatic rings. The molecule has 1 aliphatic heterocycles. The third-order valence-electron chi connectivity index (χ3n) is 7.74. The Morgan fingerprint density at radius 3 is 2.31 bits per heavy atom. The predicted octanol–water partition coefficient (Wildman–Crippen LogP) is 3.13. The highest BCUT2D eigenvalue weighted by molar-refractivity contribution is 5.82. The molecule has 5 rings (SSSR count). The summed E-state index contributed by atoms with van der Waals surface area (Å²) in [5, 5.41) is 22.3. The van der Waals surface area contributed by atoms with Crippen LogP contribution in [0.3, 0.4) is 0 Å². The molecule has 1 saturated carbocycles. The highest BCUT2D eigenvalue weighted by Crippen LogP contribution is 2.44. The number of hydrogen-bond donors (Lipinski definition) is 3. The van der Waals surface area contributed by atoms with Crippen LogP contribution in [0.5, 0.6) is 0 Å². The number of hydrogen-bond acceptors (Lipinski definition) is 5. The van der Waals surface area contributed by atoms with Crippen LogP contribution in [0.2, 0.25) is 0 Å². The highest BCUT2D eigenvalue weighted by atomic mass is 16.5. The Morgan fingerprint density at radius 1 is 1.03 bits per heavy atom. The summed E-state index contributed by atoms with van der Waals surface area (Å²) in [6.45, 7) is 0.259. The maximum atomic E-state index is 12.8. The lowest BCUT2D eigenvalue weighted by Crippen LogP contribution is -2.44. The second-order valence-corrected chi connectivity index (χ2v) is 9.87. The second-order valence-electron chi connectivity index (χ2n) is 9.87. The van der Waals surface area contributed by atoms with Gasteiger partial charge in [0.25, 0.3) is 0 Å². The number of nitrogens with zero attached hydrogens (tertiary/aromatic N) is 1. The van der Waals surface area contributed by atoms with E-state index < -0.39 is 17.7 Å². The zero-order valence-electron chi connectivity index (χ0n) is 19.5. The average molecular weight is 479 g/mol. The zero-order chi connectivity index (χ0) is 24.6. The van der Waals surface area contributed by atoms with Crippen molar-refractivity contribution < 1.29 is 29.3 Å². The predicted molar refractivity (Wildman–Crippen MR) is 128 cm³/mol. The van der Waals surface area contributed by atoms with Crippen LogP contribution < -0.4 is 5.32 Å². The maximum Gasteiger partial charge on any atom is 0.407 e. The lowest BCUT2D eigenvalue weighted by Gasteiger charge is -2.24. The summed E-state index contributed by atoms with van der Waals surface area (Å²) in [5.41, 5.74) is 2.77. The number of aliphatic hydroxyl groups is 1. The van der Waals surface area contributed by atoms with E-state index in [0.29, 0.717) is 0 Å². The van der Waals surface area contributed by atoms with Gasteiger partial charge >= 0.3 is 12.1 Å². The van der Waals surface area contributed by atoms with Gasteiger partial charge < -0.3 is 25.2 Å². The fourth-order valence-electron chi connectivity index (χ4n) is 5.80. The van der Waals surface area contributed by atoms with E-state index >= 15 is 0 Å². The third kappa shape index (κ3) is 4.50. The molecule has 0 radical (unpaired) electrons. The van der Waals surface area contributed by atoms with Crippen LogP contribution in [-0.2, 0) is 14.3 Å². The summed E-state index contributed by atoms with van der Waals surface area (Å²) >= 11 is 0. The Hall–Kier alpha value is -3.39. The first-order valence-corrected chi connectivity index (χ1v) is 12.2. The van der Waals surface area contributed by atoms with Gasteiger partial charge in [0.05, 0.1) is 6.54 Å². The number of benzene rings is 2. The number of alkyl carbamates (subject to hydrolysis) is 1. The van der Waals surface area contributed by atoms with Crippen molar-refractivity contribution in [2.75, 3.05) is 19.7 Å². The van der Waals surface area contributed by atoms with Crippen molar-refractivity contribution in [3.05, 3.63) is 59.7 Å². The van der Waals surface area contributed by atoms with Gasteiger partial charge in [-0.2, -0.15) is 0 Å². The van der Waals surface area contributed by atoms with Gasteiger partial charge in [-0.1, -0.05) is 55.0 Å². The van der Waals surface area contributed by atoms with E-state index in [2.05, 4.69) is 29.6 Å². The molecule has 35 heavy (non-hydrogen) atoms. The Morgan fingerprint density at radius 2 is 1.69 bits per heavy atom. The molecule has 2 aromatic carbocycles. The summed E-state index contributed by atoms with van der Waals surface area (Å²) in [5.74, 6) is -1.55. The Kier molecular flexibility index (Phi) is 6.23. The van der Waals surface area contributed by atoms with E-state index in [0.717, 1.165) is 30.4 Å². The second kappa shape index (κ2) is 9.34. The van der Waals surface area contributed by atoms with Crippen molar-refractivity contribution in [2.24, 2.45) is 5.92 Å². The van der Waals surface area contributed by atoms with Crippen LogP contribution in [-0.4, -0.2) is 64.4 Å². The lowest BCUT2D eigenvalue weighted by molar-refractivity contribution is -0.157. The minimum absolute atomic E-state index is 0.0164. The first kappa shape index (κ1) is 23.4. The minimum Gasteiger partial charge on any atom is -0.479 e. The smallest absolute Gasteiger partial charge is 0.407 e. The number of carbonyl (C=O) groups is 3. The van der Waals surface area contributed by atoms with Gasteiger partial charge in [-0.15, -0.1) is 0 Å². The van der Waals surface area contributed by atoms with Crippen molar-refractivity contribution in [2.45, 2.75) is 49.7 Å². The number of ether oxygens (including phenoxy) is 1. The van der Waals surface area contributed by atoms with E-state index in [1.165, 1.54) is 16.0 Å². The summed E-state index contributed by atoms with van der Waals surface area (Å²) < 4.78 is 5.66. The molecule has 8 heteroatoms. The van der Waals surface area contributed by atoms with Crippen LogP contribution in [0.1, 0.15) is 49.1 Å². The molecule has 1 heterocycles. The molecule has 2 amide bonds. The lowest BCUT2D eigenvalue weighted by atomic mass is 9.98. The van der Waals surface area contributed by atoms with Crippen molar-refractivity contribution in [3.63, 3.8) is 0 Å². The molecular formula is C27H30N2O6. The fraction of sp³-hybridized carbons (Fsp3) is 0.444. The monoisotopic (exact) mass is 478 g/mol. The van der Waals surface area contributed by atoms with Crippen LogP contribution in [0.4, 0.5) is 4.79 Å². The molecular weight excluding hydrogens is 448 g/mol. The first-order chi connectivity index (χ1) is 16.9. The van der Waals surface area contributed by atoms with Crippen LogP contribution in [0.15, 0.2) is 48.5 Å². The van der Waals surface area contributed by atoms with E-state index in [1.807, 2.05) is 24.3 Å². The molecule has 3 N–H and O–H groups in total. The Labute approximate surface area is 203 Å². The standard InChI is InChI=1S/C27H30N2O6/c30-24(29-13-12-27(34,16-29)25(31)32)14-17-6-5-11-23(17)28-26(33)35-15-22-20-9-3-1-7-18(20)19-8-2-4-10-21(19)22/h1-4,7-10,17,22-23,34H,5-6,11-16H2,(H,28,33)(H,31,32)/t17-,23+,27?/m0/s1. The van der Waals surface area contributed by atoms with Gasteiger partial charge in [-0.05, 0) is 41.0 Å². The number of aliphatic carboxylic acids is 1. The molecule has 0 bridgehead atoms. The van der Waals surface area contributed by atoms with Gasteiger partial charge in [-0.3, -0.25) is 4.79 Å². The largest absolute Gasteiger partial charge is 0.479 e. The van der Waals surface area contributed by atoms with E-state index in [9.17, 15) is 24.6 Å². The van der Waals surface area contributed by atoms with Gasteiger partial charge in [0.1, 0.15) is 6.61 Å². The molecule has 0 aromatic heterocycles. The first-order valence-electron chi connectivity index (χ1n) is 12.2. The fourth-order valence-corrected chi connectivity index (χ4v) is 5.80. The number of carboxylic acid groups (broad SMARTS) is 1. The van der Waals surface area contributed by atoms with Crippen LogP contribution >= 0.6 is 0 Å². The number of fused-ring (bicyclic) bond motifs is 3. The summed E-state index contributed by atoms with van der Waals surface area (Å²) in [7, 11) is 0. The number of carbonyl (C=O) groups excluding carboxylic acids is 2. The zero-order valence-corrected chi connectivity index (χ0v) is 19.5. The number of likely N-dealkylation sites (tertiary alicyclic amines) is 1. The third-order valence-corrected chi connectivity index (χ3v) is 7.74. The molecule has 0 spiro atoms. The number of nitrogens with one attached hydrogen (secondary N) is 1. The maximum absolute atomic E-state index is 12.8. The normalized spacial score (nSPS) is 25.2. The summed E-state index contributed by atoms with van der Waals surface area (Å²) in [4.78, 5) is 38.1. The van der Waals surface area contributed by atoms with Gasteiger partial charge in [-0.25, -0.2) is 9.59 Å². The Balaban J connectivity index is 1.16. The van der Waals surface area contributed by atoms with Gasteiger partial charge in [0.2, 0.25) is 5.91 Å². The number of amides is 2. The number of rotatable bonds is 6. The van der Waals surface area contributed by atoms with E-state index in [4.69, 9.17) is 4.74 Å². The topological polar surface area (TPSA) is 116 Å². The number of carboxylic acids is 1. The molecule has 8 nitrogen and oxygen atoms in total. The van der Waals surface area contributed by atoms with Crippen molar-refractivity contribution >= 4 is 18.0 Å². The summed E-state index contributed by atoms with van der Waals surface area (Å²) in [6.07, 6.45) is 2.21. The number of β-amino-alcohol motifs (C(OH)–C–C–N with tert-alkyl or cyclic N) is 1. The summed E-state index contributed by atoms with van der Waals surface area (Å²) in [6, 6.07) is 16.2. The molecule has 1 unspecified atom stereocenters. The van der Waals surface area contributed by atoms with E-state index in [1.54, 1.807) is 0 Å². The van der Waals surface area contributed by atoms with Crippen molar-refractivity contribution in [1.29, 1.82) is 0 Å². The van der Waals surface area contributed by atoms with Crippen molar-refractivity contribution in [3.8, 4) is 11.1 Å². The van der Waals surface area contributed by atoms with Gasteiger partial charge in [0.15, 0.2) is 5.60 Å². The molecule has 2 aromatic rings. The molecule has 1 saturated heterocycles. The van der Waals surface area contributed by atoms with Crippen LogP contribution in [0.25, 0.3) is 11.1 Å².